The van der Waals surface area contributed by atoms with E-state index in [0.29, 0.717) is 7.25 Å². The van der Waals surface area contributed by atoms with Gasteiger partial charge < -0.3 is 0 Å². The Balaban J connectivity index is 0.00000218. The van der Waals surface area contributed by atoms with Gasteiger partial charge in [-0.2, -0.15) is 0 Å². The second-order valence-corrected chi connectivity index (χ2v) is 35.4. The van der Waals surface area contributed by atoms with Crippen LogP contribution in [0.2, 0.25) is 13.1 Å². The van der Waals surface area contributed by atoms with Crippen LogP contribution in [0.1, 0.15) is 35.1 Å². The summed E-state index contributed by atoms with van der Waals surface area (Å²) in [5.74, 6) is -0.908. The van der Waals surface area contributed by atoms with Gasteiger partial charge in [-0.1, -0.05) is 0 Å². The number of hydrogen-bond acceptors (Lipinski definition) is 0. The van der Waals surface area contributed by atoms with Crippen LogP contribution < -0.4 is 0 Å². The van der Waals surface area contributed by atoms with Crippen molar-refractivity contribution in [2.75, 3.05) is 0 Å². The van der Waals surface area contributed by atoms with E-state index in [1.54, 1.807) is 16.7 Å². The molecule has 2 atom stereocenters. The van der Waals surface area contributed by atoms with Gasteiger partial charge >= 0.3 is 181 Å². The predicted molar refractivity (Wildman–Crippen MR) is 133 cm³/mol. The first-order valence-electron chi connectivity index (χ1n) is 10.8. The van der Waals surface area contributed by atoms with Crippen molar-refractivity contribution in [1.82, 2.24) is 0 Å². The molecule has 3 aromatic rings. The number of allylic oxidation sites excluding steroid dienone is 2. The van der Waals surface area contributed by atoms with E-state index < -0.39 is 25.4 Å². The van der Waals surface area contributed by atoms with E-state index in [1.807, 2.05) is 0 Å². The molecule has 0 spiro atoms. The molecule has 0 heterocycles. The molecular formula is C27H29ClSiZr. The zero-order valence-electron chi connectivity index (χ0n) is 17.7. The third-order valence-corrected chi connectivity index (χ3v) is 41.3. The minimum absolute atomic E-state index is 0. The molecule has 2 aliphatic carbocycles. The number of hydrogen-bond donors (Lipinski definition) is 0. The average molecular weight is 508 g/mol. The Morgan fingerprint density at radius 3 is 1.63 bits per heavy atom. The minimum Gasteiger partial charge on any atom is -0.147 e. The summed E-state index contributed by atoms with van der Waals surface area (Å²) in [6.45, 7) is 5.31. The molecule has 0 saturated carbocycles. The molecule has 0 radical (unpaired) electrons. The summed E-state index contributed by atoms with van der Waals surface area (Å²) < 4.78 is 2.69. The first kappa shape index (κ1) is 21.8. The van der Waals surface area contributed by atoms with Crippen LogP contribution in [-0.4, -0.2) is 5.92 Å². The molecule has 3 aromatic carbocycles. The van der Waals surface area contributed by atoms with Crippen molar-refractivity contribution in [3.8, 4) is 0 Å². The van der Waals surface area contributed by atoms with Crippen LogP contribution in [0.25, 0.3) is 12.2 Å². The molecule has 2 unspecified atom stereocenters. The van der Waals surface area contributed by atoms with Gasteiger partial charge in [0, 0.05) is 0 Å². The SMILES string of the molecule is C[SiH](C)[Zr]([CH2]c1ccccc1)([CH]1C=Cc2ccccc21)[CH]1C=Cc2ccccc21.Cl. The summed E-state index contributed by atoms with van der Waals surface area (Å²) in [6, 6.07) is 29.7. The van der Waals surface area contributed by atoms with Crippen LogP contribution in [0.4, 0.5) is 0 Å². The average Bonchev–Trinajstić information content (AvgIpc) is 3.38. The molecule has 0 saturated heterocycles. The molecule has 0 aliphatic heterocycles. The molecule has 152 valence electrons. The number of halogens is 1. The van der Waals surface area contributed by atoms with E-state index in [-0.39, 0.29) is 12.4 Å². The van der Waals surface area contributed by atoms with E-state index >= 15 is 0 Å². The van der Waals surface area contributed by atoms with Crippen molar-refractivity contribution in [2.24, 2.45) is 0 Å². The molecule has 2 aliphatic rings. The van der Waals surface area contributed by atoms with Crippen LogP contribution in [0.15, 0.2) is 91.0 Å². The molecule has 0 amide bonds. The molecule has 0 fully saturated rings. The van der Waals surface area contributed by atoms with Gasteiger partial charge in [-0.05, 0) is 0 Å². The molecule has 0 N–H and O–H groups in total. The molecule has 0 aromatic heterocycles. The monoisotopic (exact) mass is 506 g/mol. The zero-order valence-corrected chi connectivity index (χ0v) is 22.1. The van der Waals surface area contributed by atoms with Crippen LogP contribution in [-0.2, 0) is 23.6 Å². The Bertz CT molecular complexity index is 1030. The molecule has 0 bridgehead atoms. The van der Waals surface area contributed by atoms with E-state index in [9.17, 15) is 0 Å². The quantitative estimate of drug-likeness (QED) is 0.318. The maximum Gasteiger partial charge on any atom is -0.147 e. The molecule has 30 heavy (non-hydrogen) atoms. The normalized spacial score (nSPS) is 20.5. The molecule has 3 heteroatoms. The Morgan fingerprint density at radius 1 is 0.667 bits per heavy atom. The minimum atomic E-state index is -2.81. The Kier molecular flexibility index (Phi) is 6.49. The van der Waals surface area contributed by atoms with Gasteiger partial charge in [0.15, 0.2) is 0 Å². The van der Waals surface area contributed by atoms with Crippen LogP contribution in [0, 0.1) is 0 Å². The Hall–Kier alpha value is -1.47. The van der Waals surface area contributed by atoms with Crippen LogP contribution >= 0.6 is 12.4 Å². The summed E-state index contributed by atoms with van der Waals surface area (Å²) in [7, 11) is 0. The summed E-state index contributed by atoms with van der Waals surface area (Å²) in [4.78, 5) is 0. The Morgan fingerprint density at radius 2 is 1.13 bits per heavy atom. The van der Waals surface area contributed by atoms with Gasteiger partial charge in [-0.25, -0.2) is 0 Å². The Labute approximate surface area is 192 Å². The first-order chi connectivity index (χ1) is 14.2. The summed E-state index contributed by atoms with van der Waals surface area (Å²) in [5.41, 5.74) is 7.68. The molecule has 5 rings (SSSR count). The summed E-state index contributed by atoms with van der Waals surface area (Å²) >= 11 is -2.81. The smallest absolute Gasteiger partial charge is 0.147 e. The summed E-state index contributed by atoms with van der Waals surface area (Å²) in [6.07, 6.45) is 10.0. The van der Waals surface area contributed by atoms with Crippen LogP contribution in [0.3, 0.4) is 0 Å². The fourth-order valence-electron chi connectivity index (χ4n) is 5.72. The second-order valence-electron chi connectivity index (χ2n) is 8.86. The number of fused-ring (bicyclic) bond motifs is 2. The van der Waals surface area contributed by atoms with Crippen molar-refractivity contribution < 1.29 is 19.4 Å². The van der Waals surface area contributed by atoms with Gasteiger partial charge in [0.2, 0.25) is 0 Å². The zero-order chi connectivity index (χ0) is 19.8. The van der Waals surface area contributed by atoms with Crippen molar-refractivity contribution in [2.45, 2.75) is 24.5 Å². The predicted octanol–water partition coefficient (Wildman–Crippen LogP) is 7.28. The third kappa shape index (κ3) is 3.58. The van der Waals surface area contributed by atoms with Gasteiger partial charge in [0.1, 0.15) is 0 Å². The van der Waals surface area contributed by atoms with Crippen LogP contribution in [0.5, 0.6) is 0 Å². The van der Waals surface area contributed by atoms with Crippen molar-refractivity contribution in [3.63, 3.8) is 0 Å². The molecule has 0 nitrogen and oxygen atoms in total. The van der Waals surface area contributed by atoms with Gasteiger partial charge in [-0.15, -0.1) is 12.4 Å². The summed E-state index contributed by atoms with van der Waals surface area (Å²) in [5, 5.41) is 0. The second kappa shape index (κ2) is 8.95. The van der Waals surface area contributed by atoms with E-state index in [0.717, 1.165) is 0 Å². The number of rotatable bonds is 5. The number of benzene rings is 3. The topological polar surface area (TPSA) is 0 Å². The van der Waals surface area contributed by atoms with Gasteiger partial charge in [0.25, 0.3) is 0 Å². The van der Waals surface area contributed by atoms with Gasteiger partial charge in [0.05, 0.1) is 0 Å². The molecular weight excluding hydrogens is 479 g/mol. The third-order valence-electron chi connectivity index (χ3n) is 7.18. The standard InChI is InChI=1S/2C9H7.C7H7.C2H7Si.ClH.Zr/c2*1-2-5-9-7-3-6-8(9)4-1;1-7-5-3-2-4-6-7;1-3-2;;/h2*1-7H;2-6H,1H2;3H,1-2H3;1H;. The first-order valence-corrected chi connectivity index (χ1v) is 22.5. The largest absolute Gasteiger partial charge is 0.147 e. The van der Waals surface area contributed by atoms with E-state index in [1.165, 1.54) is 15.3 Å². The fourth-order valence-corrected chi connectivity index (χ4v) is 36.7. The maximum atomic E-state index is 2.66. The van der Waals surface area contributed by atoms with E-state index in [4.69, 9.17) is 0 Å². The van der Waals surface area contributed by atoms with E-state index in [2.05, 4.69) is 116 Å². The van der Waals surface area contributed by atoms with Gasteiger partial charge in [-0.3, -0.25) is 0 Å². The maximum absolute atomic E-state index is 2.81. The fraction of sp³-hybridized carbons (Fsp3) is 0.185. The van der Waals surface area contributed by atoms with Crippen molar-refractivity contribution >= 4 is 30.5 Å². The van der Waals surface area contributed by atoms with Crippen molar-refractivity contribution in [1.29, 1.82) is 0 Å². The van der Waals surface area contributed by atoms with Crippen molar-refractivity contribution in [3.05, 3.63) is 119 Å².